The van der Waals surface area contributed by atoms with Gasteiger partial charge in [0.05, 0.1) is 11.1 Å². The topological polar surface area (TPSA) is 88.9 Å². The van der Waals surface area contributed by atoms with E-state index in [9.17, 15) is 14.9 Å². The number of carbonyl (C=O) groups excluding carboxylic acids is 1. The molecule has 0 saturated heterocycles. The Kier molecular flexibility index (Phi) is 4.03. The van der Waals surface area contributed by atoms with E-state index in [1.165, 1.54) is 18.3 Å². The van der Waals surface area contributed by atoms with Crippen LogP contribution in [-0.2, 0) is 0 Å². The number of nitrogens with one attached hydrogen (secondary N) is 1. The van der Waals surface area contributed by atoms with E-state index in [4.69, 9.17) is 0 Å². The fourth-order valence-electron chi connectivity index (χ4n) is 2.24. The minimum absolute atomic E-state index is 0.0374. The number of aromatic nitrogens is 2. The van der Waals surface area contributed by atoms with Crippen LogP contribution in [-0.4, -0.2) is 20.9 Å². The van der Waals surface area contributed by atoms with Gasteiger partial charge in [-0.05, 0) is 17.7 Å². The van der Waals surface area contributed by atoms with Gasteiger partial charge in [0.2, 0.25) is 5.78 Å². The standard InChI is InChI=1S/C16H10BrN3O3/c17-12-5-1-4-11(7-12)16(21)15-14(9-18-19-15)10-3-2-6-13(8-10)20(22)23/h1-9H,(H,18,19). The van der Waals surface area contributed by atoms with Gasteiger partial charge in [-0.2, -0.15) is 5.10 Å². The summed E-state index contributed by atoms with van der Waals surface area (Å²) in [6, 6.07) is 13.1. The molecule has 1 aromatic heterocycles. The van der Waals surface area contributed by atoms with Crippen LogP contribution in [0.3, 0.4) is 0 Å². The largest absolute Gasteiger partial charge is 0.287 e. The maximum atomic E-state index is 12.6. The highest BCUT2D eigenvalue weighted by Gasteiger charge is 2.18. The average Bonchev–Trinajstić information content (AvgIpc) is 3.04. The molecule has 7 heteroatoms. The number of non-ortho nitro benzene ring substituents is 1. The molecule has 0 spiro atoms. The molecule has 0 aliphatic rings. The van der Waals surface area contributed by atoms with Gasteiger partial charge >= 0.3 is 0 Å². The number of hydrogen-bond donors (Lipinski definition) is 1. The molecular formula is C16H10BrN3O3. The Hall–Kier alpha value is -2.80. The van der Waals surface area contributed by atoms with Crippen molar-refractivity contribution in [1.29, 1.82) is 0 Å². The molecule has 0 amide bonds. The maximum absolute atomic E-state index is 12.6. The molecule has 0 bridgehead atoms. The second-order valence-corrected chi connectivity index (χ2v) is 5.72. The summed E-state index contributed by atoms with van der Waals surface area (Å²) in [4.78, 5) is 23.1. The summed E-state index contributed by atoms with van der Waals surface area (Å²) in [6.45, 7) is 0. The van der Waals surface area contributed by atoms with Gasteiger partial charge in [0.25, 0.3) is 5.69 Å². The second kappa shape index (κ2) is 6.13. The third kappa shape index (κ3) is 3.04. The maximum Gasteiger partial charge on any atom is 0.270 e. The highest BCUT2D eigenvalue weighted by Crippen LogP contribution is 2.27. The molecular weight excluding hydrogens is 362 g/mol. The van der Waals surface area contributed by atoms with E-state index in [1.807, 2.05) is 6.07 Å². The summed E-state index contributed by atoms with van der Waals surface area (Å²) in [5.74, 6) is -0.231. The molecule has 0 aliphatic carbocycles. The Morgan fingerprint density at radius 3 is 2.70 bits per heavy atom. The van der Waals surface area contributed by atoms with Crippen molar-refractivity contribution in [3.63, 3.8) is 0 Å². The van der Waals surface area contributed by atoms with Crippen LogP contribution in [0.5, 0.6) is 0 Å². The zero-order valence-electron chi connectivity index (χ0n) is 11.7. The van der Waals surface area contributed by atoms with Crippen LogP contribution in [0.1, 0.15) is 16.1 Å². The summed E-state index contributed by atoms with van der Waals surface area (Å²) in [5, 5.41) is 17.5. The van der Waals surface area contributed by atoms with Crippen molar-refractivity contribution in [2.75, 3.05) is 0 Å². The van der Waals surface area contributed by atoms with Crippen LogP contribution in [0.25, 0.3) is 11.1 Å². The highest BCUT2D eigenvalue weighted by molar-refractivity contribution is 9.10. The van der Waals surface area contributed by atoms with E-state index < -0.39 is 4.92 Å². The van der Waals surface area contributed by atoms with Crippen molar-refractivity contribution in [2.45, 2.75) is 0 Å². The van der Waals surface area contributed by atoms with E-state index in [0.29, 0.717) is 22.4 Å². The van der Waals surface area contributed by atoms with Crippen molar-refractivity contribution >= 4 is 27.4 Å². The Bertz CT molecular complexity index is 905. The van der Waals surface area contributed by atoms with E-state index in [-0.39, 0.29) is 11.5 Å². The average molecular weight is 372 g/mol. The van der Waals surface area contributed by atoms with Gasteiger partial charge in [-0.15, -0.1) is 0 Å². The van der Waals surface area contributed by atoms with E-state index in [0.717, 1.165) is 4.47 Å². The predicted molar refractivity (Wildman–Crippen MR) is 88.3 cm³/mol. The lowest BCUT2D eigenvalue weighted by Crippen LogP contribution is -2.03. The lowest BCUT2D eigenvalue weighted by molar-refractivity contribution is -0.384. The molecule has 1 N–H and O–H groups in total. The van der Waals surface area contributed by atoms with Crippen molar-refractivity contribution in [3.05, 3.63) is 80.6 Å². The van der Waals surface area contributed by atoms with Gasteiger partial charge in [-0.25, -0.2) is 0 Å². The van der Waals surface area contributed by atoms with Crippen LogP contribution in [0.15, 0.2) is 59.2 Å². The highest BCUT2D eigenvalue weighted by atomic mass is 79.9. The van der Waals surface area contributed by atoms with Crippen molar-refractivity contribution in [3.8, 4) is 11.1 Å². The number of carbonyl (C=O) groups is 1. The lowest BCUT2D eigenvalue weighted by Gasteiger charge is -2.04. The Morgan fingerprint density at radius 2 is 1.96 bits per heavy atom. The molecule has 114 valence electrons. The molecule has 2 aromatic carbocycles. The van der Waals surface area contributed by atoms with Gasteiger partial charge in [0.1, 0.15) is 5.69 Å². The number of H-pyrrole nitrogens is 1. The molecule has 0 unspecified atom stereocenters. The van der Waals surface area contributed by atoms with Gasteiger partial charge in [-0.3, -0.25) is 20.0 Å². The summed E-state index contributed by atoms with van der Waals surface area (Å²) < 4.78 is 0.791. The fourth-order valence-corrected chi connectivity index (χ4v) is 2.64. The second-order valence-electron chi connectivity index (χ2n) is 4.81. The van der Waals surface area contributed by atoms with E-state index >= 15 is 0 Å². The minimum atomic E-state index is -0.473. The number of nitro groups is 1. The molecule has 0 saturated carbocycles. The quantitative estimate of drug-likeness (QED) is 0.426. The van der Waals surface area contributed by atoms with Crippen molar-refractivity contribution in [2.24, 2.45) is 0 Å². The number of nitrogens with zero attached hydrogens (tertiary/aromatic N) is 2. The fraction of sp³-hybridized carbons (Fsp3) is 0. The number of nitro benzene ring substituents is 1. The summed E-state index contributed by atoms with van der Waals surface area (Å²) in [5.41, 5.74) is 1.84. The van der Waals surface area contributed by atoms with Gasteiger partial charge in [0.15, 0.2) is 0 Å². The first-order chi connectivity index (χ1) is 11.1. The molecule has 0 radical (unpaired) electrons. The molecule has 0 atom stereocenters. The van der Waals surface area contributed by atoms with Crippen LogP contribution in [0.4, 0.5) is 5.69 Å². The van der Waals surface area contributed by atoms with Crippen LogP contribution >= 0.6 is 15.9 Å². The van der Waals surface area contributed by atoms with Gasteiger partial charge in [0, 0.05) is 27.7 Å². The molecule has 3 rings (SSSR count). The first-order valence-corrected chi connectivity index (χ1v) is 7.44. The zero-order valence-corrected chi connectivity index (χ0v) is 13.3. The molecule has 23 heavy (non-hydrogen) atoms. The first kappa shape index (κ1) is 15.1. The third-order valence-electron chi connectivity index (χ3n) is 3.32. The predicted octanol–water partition coefficient (Wildman–Crippen LogP) is 3.98. The minimum Gasteiger partial charge on any atom is -0.287 e. The van der Waals surface area contributed by atoms with Gasteiger partial charge < -0.3 is 0 Å². The smallest absolute Gasteiger partial charge is 0.270 e. The normalized spacial score (nSPS) is 10.5. The number of benzene rings is 2. The summed E-state index contributed by atoms with van der Waals surface area (Å²) in [6.07, 6.45) is 1.49. The number of ketones is 1. The number of hydrogen-bond acceptors (Lipinski definition) is 4. The first-order valence-electron chi connectivity index (χ1n) is 6.65. The Labute approximate surface area is 139 Å². The van der Waals surface area contributed by atoms with Crippen molar-refractivity contribution in [1.82, 2.24) is 10.2 Å². The molecule has 0 fully saturated rings. The Balaban J connectivity index is 2.05. The zero-order chi connectivity index (χ0) is 16.4. The van der Waals surface area contributed by atoms with Crippen LogP contribution in [0.2, 0.25) is 0 Å². The molecule has 3 aromatic rings. The summed E-state index contributed by atoms with van der Waals surface area (Å²) >= 11 is 3.33. The monoisotopic (exact) mass is 371 g/mol. The lowest BCUT2D eigenvalue weighted by atomic mass is 10.0. The summed E-state index contributed by atoms with van der Waals surface area (Å²) in [7, 11) is 0. The van der Waals surface area contributed by atoms with Crippen LogP contribution in [0, 0.1) is 10.1 Å². The van der Waals surface area contributed by atoms with Crippen LogP contribution < -0.4 is 0 Å². The van der Waals surface area contributed by atoms with E-state index in [1.54, 1.807) is 30.3 Å². The number of rotatable bonds is 4. The third-order valence-corrected chi connectivity index (χ3v) is 3.81. The molecule has 1 heterocycles. The van der Waals surface area contributed by atoms with E-state index in [2.05, 4.69) is 26.1 Å². The number of halogens is 1. The van der Waals surface area contributed by atoms with Crippen molar-refractivity contribution < 1.29 is 9.72 Å². The molecule has 6 nitrogen and oxygen atoms in total. The van der Waals surface area contributed by atoms with Gasteiger partial charge in [-0.1, -0.05) is 40.2 Å². The Morgan fingerprint density at radius 1 is 1.17 bits per heavy atom. The SMILES string of the molecule is O=C(c1cccc(Br)c1)c1[nH]ncc1-c1cccc([N+](=O)[O-])c1. The molecule has 0 aliphatic heterocycles. The number of aromatic amines is 1.